The monoisotopic (exact) mass is 263 g/mol. The van der Waals surface area contributed by atoms with E-state index in [1.165, 1.54) is 5.56 Å². The Kier molecular flexibility index (Phi) is 6.60. The summed E-state index contributed by atoms with van der Waals surface area (Å²) in [5.74, 6) is 0.872. The van der Waals surface area contributed by atoms with E-state index in [1.807, 2.05) is 12.1 Å². The van der Waals surface area contributed by atoms with E-state index in [9.17, 15) is 0 Å². The fourth-order valence-electron chi connectivity index (χ4n) is 2.18. The summed E-state index contributed by atoms with van der Waals surface area (Å²) in [6.07, 6.45) is 2.90. The standard InChI is InChI=1S/C16H25NO2/c1-6-7-12(2)17-13(3)14-8-9-16(19-5)15(10-14)11-18-4/h6,8-10,12-13,17H,1,7,11H2,2-5H3. The molecule has 0 saturated carbocycles. The number of hydrogen-bond acceptors (Lipinski definition) is 3. The highest BCUT2D eigenvalue weighted by atomic mass is 16.5. The topological polar surface area (TPSA) is 30.5 Å². The van der Waals surface area contributed by atoms with Crippen LogP contribution in [0.3, 0.4) is 0 Å². The highest BCUT2D eigenvalue weighted by molar-refractivity contribution is 5.38. The van der Waals surface area contributed by atoms with Crippen LogP contribution in [0.25, 0.3) is 0 Å². The average Bonchev–Trinajstić information content (AvgIpc) is 2.39. The van der Waals surface area contributed by atoms with Crippen molar-refractivity contribution in [3.05, 3.63) is 42.0 Å². The van der Waals surface area contributed by atoms with E-state index in [2.05, 4.69) is 37.9 Å². The van der Waals surface area contributed by atoms with E-state index in [-0.39, 0.29) is 6.04 Å². The molecule has 1 N–H and O–H groups in total. The van der Waals surface area contributed by atoms with Crippen LogP contribution < -0.4 is 10.1 Å². The van der Waals surface area contributed by atoms with Crippen LogP contribution in [0.5, 0.6) is 5.75 Å². The SMILES string of the molecule is C=CCC(C)NC(C)c1ccc(OC)c(COC)c1. The first-order valence-corrected chi connectivity index (χ1v) is 6.65. The molecule has 0 fully saturated rings. The van der Waals surface area contributed by atoms with Gasteiger partial charge in [0.1, 0.15) is 5.75 Å². The van der Waals surface area contributed by atoms with Gasteiger partial charge in [0.2, 0.25) is 0 Å². The number of nitrogens with one attached hydrogen (secondary N) is 1. The normalized spacial score (nSPS) is 13.9. The lowest BCUT2D eigenvalue weighted by atomic mass is 10.0. The van der Waals surface area contributed by atoms with Gasteiger partial charge >= 0.3 is 0 Å². The lowest BCUT2D eigenvalue weighted by Crippen LogP contribution is -2.28. The zero-order valence-electron chi connectivity index (χ0n) is 12.4. The minimum absolute atomic E-state index is 0.288. The van der Waals surface area contributed by atoms with Gasteiger partial charge < -0.3 is 14.8 Å². The van der Waals surface area contributed by atoms with Crippen LogP contribution in [0, 0.1) is 0 Å². The fourth-order valence-corrected chi connectivity index (χ4v) is 2.18. The van der Waals surface area contributed by atoms with E-state index in [4.69, 9.17) is 9.47 Å². The number of methoxy groups -OCH3 is 2. The highest BCUT2D eigenvalue weighted by Gasteiger charge is 2.11. The second kappa shape index (κ2) is 7.97. The zero-order valence-corrected chi connectivity index (χ0v) is 12.4. The predicted octanol–water partition coefficient (Wildman–Crippen LogP) is 3.46. The van der Waals surface area contributed by atoms with Gasteiger partial charge in [-0.15, -0.1) is 6.58 Å². The van der Waals surface area contributed by atoms with Gasteiger partial charge in [0.25, 0.3) is 0 Å². The van der Waals surface area contributed by atoms with Crippen molar-refractivity contribution in [1.82, 2.24) is 5.32 Å². The van der Waals surface area contributed by atoms with E-state index < -0.39 is 0 Å². The molecule has 0 aliphatic carbocycles. The molecule has 0 aromatic heterocycles. The van der Waals surface area contributed by atoms with Crippen LogP contribution >= 0.6 is 0 Å². The molecule has 0 aliphatic heterocycles. The highest BCUT2D eigenvalue weighted by Crippen LogP contribution is 2.24. The van der Waals surface area contributed by atoms with Gasteiger partial charge in [-0.05, 0) is 38.0 Å². The molecule has 0 bridgehead atoms. The van der Waals surface area contributed by atoms with Gasteiger partial charge in [-0.1, -0.05) is 12.1 Å². The molecule has 3 nitrogen and oxygen atoms in total. The minimum atomic E-state index is 0.288. The molecule has 2 atom stereocenters. The van der Waals surface area contributed by atoms with Crippen molar-refractivity contribution in [2.45, 2.75) is 39.0 Å². The largest absolute Gasteiger partial charge is 0.496 e. The van der Waals surface area contributed by atoms with Crippen LogP contribution in [-0.4, -0.2) is 20.3 Å². The Labute approximate surface area is 116 Å². The first-order valence-electron chi connectivity index (χ1n) is 6.65. The summed E-state index contributed by atoms with van der Waals surface area (Å²) < 4.78 is 10.5. The second-order valence-electron chi connectivity index (χ2n) is 4.82. The van der Waals surface area contributed by atoms with Crippen molar-refractivity contribution < 1.29 is 9.47 Å². The lowest BCUT2D eigenvalue weighted by Gasteiger charge is -2.20. The Morgan fingerprint density at radius 3 is 2.63 bits per heavy atom. The van der Waals surface area contributed by atoms with Crippen molar-refractivity contribution in [3.8, 4) is 5.75 Å². The van der Waals surface area contributed by atoms with E-state index in [0.717, 1.165) is 17.7 Å². The Morgan fingerprint density at radius 1 is 1.32 bits per heavy atom. The van der Waals surface area contributed by atoms with Crippen molar-refractivity contribution in [3.63, 3.8) is 0 Å². The first kappa shape index (κ1) is 15.7. The molecule has 3 heteroatoms. The van der Waals surface area contributed by atoms with Crippen molar-refractivity contribution >= 4 is 0 Å². The van der Waals surface area contributed by atoms with Gasteiger partial charge in [0, 0.05) is 24.8 Å². The molecule has 0 aliphatic rings. The molecule has 0 saturated heterocycles. The maximum Gasteiger partial charge on any atom is 0.124 e. The smallest absolute Gasteiger partial charge is 0.124 e. The molecule has 106 valence electrons. The summed E-state index contributed by atoms with van der Waals surface area (Å²) >= 11 is 0. The molecule has 1 aromatic carbocycles. The molecular weight excluding hydrogens is 238 g/mol. The van der Waals surface area contributed by atoms with Gasteiger partial charge in [-0.25, -0.2) is 0 Å². The van der Waals surface area contributed by atoms with Gasteiger partial charge in [0.15, 0.2) is 0 Å². The van der Waals surface area contributed by atoms with Gasteiger partial charge in [-0.2, -0.15) is 0 Å². The van der Waals surface area contributed by atoms with E-state index in [0.29, 0.717) is 12.6 Å². The Balaban J connectivity index is 2.82. The van der Waals surface area contributed by atoms with Crippen LogP contribution in [0.1, 0.15) is 37.4 Å². The van der Waals surface area contributed by atoms with Crippen LogP contribution in [0.15, 0.2) is 30.9 Å². The zero-order chi connectivity index (χ0) is 14.3. The summed E-state index contributed by atoms with van der Waals surface area (Å²) in [6, 6.07) is 6.94. The molecule has 0 radical (unpaired) electrons. The van der Waals surface area contributed by atoms with Crippen LogP contribution in [0.4, 0.5) is 0 Å². The maximum absolute atomic E-state index is 5.34. The molecule has 0 amide bonds. The first-order chi connectivity index (χ1) is 9.12. The molecule has 0 spiro atoms. The van der Waals surface area contributed by atoms with Crippen molar-refractivity contribution in [2.24, 2.45) is 0 Å². The molecule has 1 aromatic rings. The summed E-state index contributed by atoms with van der Waals surface area (Å²) in [4.78, 5) is 0. The number of rotatable bonds is 8. The van der Waals surface area contributed by atoms with Gasteiger partial charge in [0.05, 0.1) is 13.7 Å². The van der Waals surface area contributed by atoms with Crippen LogP contribution in [-0.2, 0) is 11.3 Å². The lowest BCUT2D eigenvalue weighted by molar-refractivity contribution is 0.181. The predicted molar refractivity (Wildman–Crippen MR) is 79.5 cm³/mol. The second-order valence-corrected chi connectivity index (χ2v) is 4.82. The summed E-state index contributed by atoms with van der Waals surface area (Å²) in [5.41, 5.74) is 2.32. The summed E-state index contributed by atoms with van der Waals surface area (Å²) in [7, 11) is 3.38. The van der Waals surface area contributed by atoms with Gasteiger partial charge in [-0.3, -0.25) is 0 Å². The third-order valence-electron chi connectivity index (χ3n) is 3.16. The average molecular weight is 263 g/mol. The third-order valence-corrected chi connectivity index (χ3v) is 3.16. The minimum Gasteiger partial charge on any atom is -0.496 e. The summed E-state index contributed by atoms with van der Waals surface area (Å²) in [6.45, 7) is 8.66. The van der Waals surface area contributed by atoms with Crippen molar-refractivity contribution in [1.29, 1.82) is 0 Å². The molecule has 0 heterocycles. The maximum atomic E-state index is 5.34. The molecule has 19 heavy (non-hydrogen) atoms. The fraction of sp³-hybridized carbons (Fsp3) is 0.500. The molecular formula is C16H25NO2. The third kappa shape index (κ3) is 4.69. The van der Waals surface area contributed by atoms with E-state index >= 15 is 0 Å². The summed E-state index contributed by atoms with van der Waals surface area (Å²) in [5, 5.41) is 3.55. The Bertz CT molecular complexity index is 404. The van der Waals surface area contributed by atoms with Crippen molar-refractivity contribution in [2.75, 3.05) is 14.2 Å². The van der Waals surface area contributed by atoms with Crippen LogP contribution in [0.2, 0.25) is 0 Å². The Morgan fingerprint density at radius 2 is 2.05 bits per heavy atom. The molecule has 2 unspecified atom stereocenters. The van der Waals surface area contributed by atoms with E-state index in [1.54, 1.807) is 14.2 Å². The quantitative estimate of drug-likeness (QED) is 0.729. The Hall–Kier alpha value is -1.32. The molecule has 1 rings (SSSR count). The number of ether oxygens (including phenoxy) is 2. The number of benzene rings is 1. The number of hydrogen-bond donors (Lipinski definition) is 1.